The maximum Gasteiger partial charge on any atom is 0.227 e. The van der Waals surface area contributed by atoms with Crippen LogP contribution in [0.25, 0.3) is 0 Å². The Morgan fingerprint density at radius 3 is 2.00 bits per heavy atom. The minimum Gasteiger partial charge on any atom is -0.353 e. The van der Waals surface area contributed by atoms with E-state index in [2.05, 4.69) is 5.32 Å². The van der Waals surface area contributed by atoms with Crippen molar-refractivity contribution in [3.05, 3.63) is 0 Å². The molecule has 0 aromatic heterocycles. The standard InChI is InChI=1S/C15H25NO2/c17-14(12-7-3-1-4-8-12)11-15(18)16-13-9-5-2-6-10-13/h12-13H,1-11H2,(H,16,18). The number of hydrogen-bond acceptors (Lipinski definition) is 2. The summed E-state index contributed by atoms with van der Waals surface area (Å²) in [6.07, 6.45) is 11.5. The van der Waals surface area contributed by atoms with Gasteiger partial charge in [0.1, 0.15) is 5.78 Å². The van der Waals surface area contributed by atoms with Crippen molar-refractivity contribution in [2.45, 2.75) is 76.7 Å². The first-order valence-electron chi connectivity index (χ1n) is 7.58. The lowest BCUT2D eigenvalue weighted by Gasteiger charge is -2.24. The van der Waals surface area contributed by atoms with Crippen molar-refractivity contribution >= 4 is 11.7 Å². The van der Waals surface area contributed by atoms with Gasteiger partial charge < -0.3 is 5.32 Å². The van der Waals surface area contributed by atoms with Crippen LogP contribution in [0, 0.1) is 5.92 Å². The lowest BCUT2D eigenvalue weighted by atomic mass is 9.85. The molecule has 2 aliphatic carbocycles. The van der Waals surface area contributed by atoms with Crippen LogP contribution in [0.15, 0.2) is 0 Å². The highest BCUT2D eigenvalue weighted by Gasteiger charge is 2.24. The molecule has 18 heavy (non-hydrogen) atoms. The Balaban J connectivity index is 1.70. The van der Waals surface area contributed by atoms with E-state index in [9.17, 15) is 9.59 Å². The fourth-order valence-electron chi connectivity index (χ4n) is 3.25. The van der Waals surface area contributed by atoms with Gasteiger partial charge in [-0.3, -0.25) is 9.59 Å². The smallest absolute Gasteiger partial charge is 0.227 e. The van der Waals surface area contributed by atoms with Crippen LogP contribution in [0.4, 0.5) is 0 Å². The van der Waals surface area contributed by atoms with E-state index in [0.717, 1.165) is 38.5 Å². The number of Topliss-reactive ketones (excluding diaryl/α,β-unsaturated/α-hetero) is 1. The van der Waals surface area contributed by atoms with Gasteiger partial charge in [0.05, 0.1) is 6.42 Å². The quantitative estimate of drug-likeness (QED) is 0.781. The van der Waals surface area contributed by atoms with Gasteiger partial charge >= 0.3 is 0 Å². The number of amides is 1. The molecule has 3 nitrogen and oxygen atoms in total. The summed E-state index contributed by atoms with van der Waals surface area (Å²) < 4.78 is 0. The van der Waals surface area contributed by atoms with Crippen LogP contribution in [0.3, 0.4) is 0 Å². The largest absolute Gasteiger partial charge is 0.353 e. The van der Waals surface area contributed by atoms with Crippen molar-refractivity contribution < 1.29 is 9.59 Å². The normalized spacial score (nSPS) is 22.7. The van der Waals surface area contributed by atoms with Crippen LogP contribution in [0.2, 0.25) is 0 Å². The van der Waals surface area contributed by atoms with E-state index >= 15 is 0 Å². The van der Waals surface area contributed by atoms with Gasteiger partial charge in [0, 0.05) is 12.0 Å². The topological polar surface area (TPSA) is 46.2 Å². The Bertz CT molecular complexity index is 289. The predicted molar refractivity (Wildman–Crippen MR) is 71.2 cm³/mol. The lowest BCUT2D eigenvalue weighted by Crippen LogP contribution is -2.38. The summed E-state index contributed by atoms with van der Waals surface area (Å²) in [5, 5.41) is 3.03. The van der Waals surface area contributed by atoms with E-state index in [1.165, 1.54) is 25.7 Å². The van der Waals surface area contributed by atoms with Crippen molar-refractivity contribution in [1.82, 2.24) is 5.32 Å². The van der Waals surface area contributed by atoms with Crippen molar-refractivity contribution in [3.63, 3.8) is 0 Å². The first-order valence-corrected chi connectivity index (χ1v) is 7.58. The van der Waals surface area contributed by atoms with E-state index in [-0.39, 0.29) is 24.0 Å². The third kappa shape index (κ3) is 4.11. The summed E-state index contributed by atoms with van der Waals surface area (Å²) in [5.74, 6) is 0.288. The Morgan fingerprint density at radius 1 is 0.833 bits per heavy atom. The highest BCUT2D eigenvalue weighted by molar-refractivity contribution is 5.99. The zero-order valence-electron chi connectivity index (χ0n) is 11.2. The molecule has 1 amide bonds. The fourth-order valence-corrected chi connectivity index (χ4v) is 3.25. The minimum atomic E-state index is -0.0440. The van der Waals surface area contributed by atoms with E-state index in [1.807, 2.05) is 0 Å². The molecule has 0 spiro atoms. The first-order chi connectivity index (χ1) is 8.75. The molecule has 3 heteroatoms. The van der Waals surface area contributed by atoms with Crippen LogP contribution in [0.5, 0.6) is 0 Å². The molecule has 0 radical (unpaired) electrons. The van der Waals surface area contributed by atoms with Crippen molar-refractivity contribution in [2.24, 2.45) is 5.92 Å². The van der Waals surface area contributed by atoms with Gasteiger partial charge in [-0.15, -0.1) is 0 Å². The number of ketones is 1. The number of rotatable bonds is 4. The Morgan fingerprint density at radius 2 is 1.39 bits per heavy atom. The maximum absolute atomic E-state index is 12.0. The van der Waals surface area contributed by atoms with Gasteiger partial charge in [-0.25, -0.2) is 0 Å². The third-order valence-electron chi connectivity index (χ3n) is 4.37. The van der Waals surface area contributed by atoms with E-state index in [1.54, 1.807) is 0 Å². The van der Waals surface area contributed by atoms with Crippen molar-refractivity contribution in [3.8, 4) is 0 Å². The zero-order valence-corrected chi connectivity index (χ0v) is 11.2. The highest BCUT2D eigenvalue weighted by atomic mass is 16.2. The number of carbonyl (C=O) groups is 2. The summed E-state index contributed by atoms with van der Waals surface area (Å²) in [6, 6.07) is 0.324. The molecule has 0 unspecified atom stereocenters. The summed E-state index contributed by atoms with van der Waals surface area (Å²) in [4.78, 5) is 23.8. The van der Waals surface area contributed by atoms with Crippen LogP contribution < -0.4 is 5.32 Å². The van der Waals surface area contributed by atoms with E-state index in [4.69, 9.17) is 0 Å². The summed E-state index contributed by atoms with van der Waals surface area (Å²) >= 11 is 0. The molecule has 0 aromatic rings. The summed E-state index contributed by atoms with van der Waals surface area (Å²) in [7, 11) is 0. The van der Waals surface area contributed by atoms with Gasteiger partial charge in [0.25, 0.3) is 0 Å². The molecular weight excluding hydrogens is 226 g/mol. The van der Waals surface area contributed by atoms with Crippen LogP contribution >= 0.6 is 0 Å². The van der Waals surface area contributed by atoms with Crippen molar-refractivity contribution in [1.29, 1.82) is 0 Å². The molecule has 0 saturated heterocycles. The lowest BCUT2D eigenvalue weighted by molar-refractivity contribution is -0.131. The van der Waals surface area contributed by atoms with Gasteiger partial charge in [-0.2, -0.15) is 0 Å². The average molecular weight is 251 g/mol. The number of carbonyl (C=O) groups excluding carboxylic acids is 2. The SMILES string of the molecule is O=C(CC(=O)C1CCCCC1)NC1CCCCC1. The maximum atomic E-state index is 12.0. The summed E-state index contributed by atoms with van der Waals surface area (Å²) in [6.45, 7) is 0. The number of nitrogens with one attached hydrogen (secondary N) is 1. The molecule has 1 N–H and O–H groups in total. The molecule has 0 atom stereocenters. The molecule has 0 aliphatic heterocycles. The predicted octanol–water partition coefficient (Wildman–Crippen LogP) is 2.97. The number of hydrogen-bond donors (Lipinski definition) is 1. The van der Waals surface area contributed by atoms with Crippen LogP contribution in [0.1, 0.15) is 70.6 Å². The van der Waals surface area contributed by atoms with Crippen LogP contribution in [-0.4, -0.2) is 17.7 Å². The third-order valence-corrected chi connectivity index (χ3v) is 4.37. The Hall–Kier alpha value is -0.860. The molecule has 2 fully saturated rings. The van der Waals surface area contributed by atoms with Crippen molar-refractivity contribution in [2.75, 3.05) is 0 Å². The molecular formula is C15H25NO2. The Kier molecular flexibility index (Phi) is 5.21. The molecule has 0 bridgehead atoms. The molecule has 2 rings (SSSR count). The molecule has 102 valence electrons. The van der Waals surface area contributed by atoms with Gasteiger partial charge in [0.15, 0.2) is 0 Å². The van der Waals surface area contributed by atoms with Gasteiger partial charge in [0.2, 0.25) is 5.91 Å². The van der Waals surface area contributed by atoms with Crippen LogP contribution in [-0.2, 0) is 9.59 Å². The second kappa shape index (κ2) is 6.91. The van der Waals surface area contributed by atoms with E-state index < -0.39 is 0 Å². The van der Waals surface area contributed by atoms with Gasteiger partial charge in [-0.05, 0) is 25.7 Å². The first kappa shape index (κ1) is 13.6. The second-order valence-corrected chi connectivity index (χ2v) is 5.88. The van der Waals surface area contributed by atoms with Gasteiger partial charge in [-0.1, -0.05) is 38.5 Å². The molecule has 0 aromatic carbocycles. The molecule has 2 saturated carbocycles. The Labute approximate surface area is 110 Å². The van der Waals surface area contributed by atoms with E-state index in [0.29, 0.717) is 6.04 Å². The molecule has 2 aliphatic rings. The monoisotopic (exact) mass is 251 g/mol. The fraction of sp³-hybridized carbons (Fsp3) is 0.867. The average Bonchev–Trinajstić information content (AvgIpc) is 2.40. The zero-order chi connectivity index (χ0) is 12.8. The highest BCUT2D eigenvalue weighted by Crippen LogP contribution is 2.25. The minimum absolute atomic E-state index is 0.0440. The second-order valence-electron chi connectivity index (χ2n) is 5.88. The summed E-state index contributed by atoms with van der Waals surface area (Å²) in [5.41, 5.74) is 0. The molecule has 0 heterocycles.